The molecular weight excluding hydrogens is 338 g/mol. The predicted octanol–water partition coefficient (Wildman–Crippen LogP) is 6.04. The molecule has 0 saturated carbocycles. The number of hydroxylamine groups is 1. The quantitative estimate of drug-likeness (QED) is 0.267. The van der Waals surface area contributed by atoms with Gasteiger partial charge in [0.25, 0.3) is 0 Å². The number of hydrogen-bond donors (Lipinski definition) is 2. The van der Waals surface area contributed by atoms with Crippen LogP contribution in [0.3, 0.4) is 0 Å². The van der Waals surface area contributed by atoms with Gasteiger partial charge in [-0.1, -0.05) is 97.3 Å². The molecule has 0 amide bonds. The first-order valence-electron chi connectivity index (χ1n) is 11.6. The van der Waals surface area contributed by atoms with Gasteiger partial charge in [0, 0.05) is 12.3 Å². The van der Waals surface area contributed by atoms with Crippen molar-refractivity contribution < 1.29 is 14.7 Å². The minimum atomic E-state index is -0.693. The summed E-state index contributed by atoms with van der Waals surface area (Å²) < 4.78 is 5.74. The van der Waals surface area contributed by atoms with Crippen molar-refractivity contribution in [3.8, 4) is 0 Å². The maximum atomic E-state index is 9.57. The van der Waals surface area contributed by atoms with Crippen LogP contribution in [0, 0.1) is 0 Å². The summed E-state index contributed by atoms with van der Waals surface area (Å²) in [6.45, 7) is 5.45. The Bertz CT molecular complexity index is 373. The molecule has 0 saturated heterocycles. The topological polar surface area (TPSA) is 50.7 Å². The van der Waals surface area contributed by atoms with E-state index in [0.717, 1.165) is 25.1 Å². The van der Waals surface area contributed by atoms with Gasteiger partial charge < -0.3 is 9.84 Å². The zero-order valence-corrected chi connectivity index (χ0v) is 18.1. The summed E-state index contributed by atoms with van der Waals surface area (Å²) in [5.41, 5.74) is 3.20. The van der Waals surface area contributed by atoms with E-state index in [1.165, 1.54) is 83.5 Å². The molecule has 1 heterocycles. The van der Waals surface area contributed by atoms with Crippen molar-refractivity contribution in [2.24, 2.45) is 0 Å². The van der Waals surface area contributed by atoms with Crippen LogP contribution in [0.15, 0.2) is 11.8 Å². The van der Waals surface area contributed by atoms with Crippen LogP contribution < -0.4 is 5.48 Å². The van der Waals surface area contributed by atoms with Gasteiger partial charge in [-0.2, -0.15) is 0 Å². The first-order valence-corrected chi connectivity index (χ1v) is 11.6. The normalized spacial score (nSPS) is 19.3. The van der Waals surface area contributed by atoms with Crippen LogP contribution >= 0.6 is 0 Å². The average Bonchev–Trinajstić information content (AvgIpc) is 3.12. The van der Waals surface area contributed by atoms with Gasteiger partial charge in [-0.05, 0) is 18.9 Å². The minimum Gasteiger partial charge on any atom is -0.393 e. The number of nitrogens with one attached hydrogen (secondary N) is 1. The highest BCUT2D eigenvalue weighted by atomic mass is 16.7. The maximum Gasteiger partial charge on any atom is 0.162 e. The number of rotatable bonds is 19. The monoisotopic (exact) mass is 383 g/mol. The summed E-state index contributed by atoms with van der Waals surface area (Å²) in [5, 5.41) is 9.57. The lowest BCUT2D eigenvalue weighted by Crippen LogP contribution is -2.39. The summed E-state index contributed by atoms with van der Waals surface area (Å²) in [4.78, 5) is 5.50. The second kappa shape index (κ2) is 16.4. The molecular formula is C23H45NO3. The Morgan fingerprint density at radius 1 is 0.852 bits per heavy atom. The third-order valence-corrected chi connectivity index (χ3v) is 5.46. The van der Waals surface area contributed by atoms with E-state index in [1.807, 2.05) is 6.08 Å². The molecule has 0 fully saturated rings. The van der Waals surface area contributed by atoms with Gasteiger partial charge in [-0.25, -0.2) is 0 Å². The van der Waals surface area contributed by atoms with E-state index in [4.69, 9.17) is 9.57 Å². The van der Waals surface area contributed by atoms with Crippen molar-refractivity contribution in [2.45, 2.75) is 116 Å². The Kier molecular flexibility index (Phi) is 14.8. The number of aliphatic hydroxyl groups excluding tert-OH is 1. The largest absolute Gasteiger partial charge is 0.393 e. The Balaban J connectivity index is 1.82. The van der Waals surface area contributed by atoms with Crippen molar-refractivity contribution >= 4 is 0 Å². The Morgan fingerprint density at radius 2 is 1.37 bits per heavy atom. The molecule has 0 aliphatic carbocycles. The number of hydrogen-bond acceptors (Lipinski definition) is 4. The molecule has 1 rings (SSSR count). The molecule has 160 valence electrons. The highest BCUT2D eigenvalue weighted by molar-refractivity contribution is 5.13. The first-order chi connectivity index (χ1) is 13.3. The lowest BCUT2D eigenvalue weighted by atomic mass is 10.0. The van der Waals surface area contributed by atoms with Gasteiger partial charge >= 0.3 is 0 Å². The molecule has 4 heteroatoms. The van der Waals surface area contributed by atoms with Crippen LogP contribution in [0.25, 0.3) is 0 Å². The van der Waals surface area contributed by atoms with E-state index in [9.17, 15) is 5.11 Å². The Labute approximate surface area is 168 Å². The molecule has 0 spiro atoms. The lowest BCUT2D eigenvalue weighted by Gasteiger charge is -2.22. The first kappa shape index (κ1) is 24.5. The van der Waals surface area contributed by atoms with Crippen molar-refractivity contribution in [1.29, 1.82) is 0 Å². The summed E-state index contributed by atoms with van der Waals surface area (Å²) in [6, 6.07) is 0. The zero-order valence-electron chi connectivity index (χ0n) is 18.1. The van der Waals surface area contributed by atoms with Gasteiger partial charge in [0.15, 0.2) is 5.60 Å². The summed E-state index contributed by atoms with van der Waals surface area (Å²) >= 11 is 0. The molecule has 0 radical (unpaired) electrons. The van der Waals surface area contributed by atoms with Crippen LogP contribution in [0.5, 0.6) is 0 Å². The average molecular weight is 384 g/mol. The van der Waals surface area contributed by atoms with E-state index in [1.54, 1.807) is 0 Å². The standard InChI is InChI=1S/C23H45NO3/c1-3-5-6-7-8-9-10-11-12-13-14-15-16-17-18-26-21-23(20-25)19-22(4-2)24-27-23/h19,24-25H,3-18,20-21H2,1-2H3. The maximum absolute atomic E-state index is 9.57. The third-order valence-electron chi connectivity index (χ3n) is 5.46. The highest BCUT2D eigenvalue weighted by Gasteiger charge is 2.34. The fourth-order valence-electron chi connectivity index (χ4n) is 3.56. The van der Waals surface area contributed by atoms with E-state index in [0.29, 0.717) is 6.61 Å². The highest BCUT2D eigenvalue weighted by Crippen LogP contribution is 2.22. The van der Waals surface area contributed by atoms with Gasteiger partial charge in [-0.15, -0.1) is 0 Å². The molecule has 1 atom stereocenters. The number of allylic oxidation sites excluding steroid dienone is 1. The van der Waals surface area contributed by atoms with Gasteiger partial charge in [0.1, 0.15) is 0 Å². The van der Waals surface area contributed by atoms with Crippen molar-refractivity contribution in [3.63, 3.8) is 0 Å². The predicted molar refractivity (Wildman–Crippen MR) is 114 cm³/mol. The molecule has 27 heavy (non-hydrogen) atoms. The van der Waals surface area contributed by atoms with Crippen LogP contribution in [0.2, 0.25) is 0 Å². The van der Waals surface area contributed by atoms with Crippen LogP contribution in [0.4, 0.5) is 0 Å². The number of unbranched alkanes of at least 4 members (excludes halogenated alkanes) is 13. The molecule has 4 nitrogen and oxygen atoms in total. The summed E-state index contributed by atoms with van der Waals surface area (Å²) in [7, 11) is 0. The van der Waals surface area contributed by atoms with Crippen LogP contribution in [-0.4, -0.2) is 30.5 Å². The third kappa shape index (κ3) is 11.8. The molecule has 1 aliphatic rings. The van der Waals surface area contributed by atoms with Crippen LogP contribution in [0.1, 0.15) is 110 Å². The van der Waals surface area contributed by atoms with Gasteiger partial charge in [0.05, 0.1) is 13.2 Å². The van der Waals surface area contributed by atoms with E-state index in [2.05, 4.69) is 19.3 Å². The Morgan fingerprint density at radius 3 is 1.81 bits per heavy atom. The number of aliphatic hydroxyl groups is 1. The van der Waals surface area contributed by atoms with Crippen molar-refractivity contribution in [1.82, 2.24) is 5.48 Å². The summed E-state index contributed by atoms with van der Waals surface area (Å²) in [6.07, 6.45) is 22.0. The van der Waals surface area contributed by atoms with Crippen molar-refractivity contribution in [3.05, 3.63) is 11.8 Å². The molecule has 0 aromatic carbocycles. The minimum absolute atomic E-state index is 0.0533. The fourth-order valence-corrected chi connectivity index (χ4v) is 3.56. The Hall–Kier alpha value is -0.580. The van der Waals surface area contributed by atoms with Gasteiger partial charge in [-0.3, -0.25) is 10.3 Å². The second-order valence-corrected chi connectivity index (χ2v) is 8.10. The zero-order chi connectivity index (χ0) is 19.6. The van der Waals surface area contributed by atoms with E-state index in [-0.39, 0.29) is 6.61 Å². The van der Waals surface area contributed by atoms with Crippen LogP contribution in [-0.2, 0) is 9.57 Å². The second-order valence-electron chi connectivity index (χ2n) is 8.10. The van der Waals surface area contributed by atoms with Crippen molar-refractivity contribution in [2.75, 3.05) is 19.8 Å². The smallest absolute Gasteiger partial charge is 0.162 e. The van der Waals surface area contributed by atoms with Gasteiger partial charge in [0.2, 0.25) is 0 Å². The molecule has 0 aromatic rings. The molecule has 1 aliphatic heterocycles. The van der Waals surface area contributed by atoms with E-state index < -0.39 is 5.60 Å². The van der Waals surface area contributed by atoms with E-state index >= 15 is 0 Å². The number of ether oxygens (including phenoxy) is 1. The lowest BCUT2D eigenvalue weighted by molar-refractivity contribution is -0.111. The molecule has 0 bridgehead atoms. The fraction of sp³-hybridized carbons (Fsp3) is 0.913. The molecule has 0 aromatic heterocycles. The molecule has 1 unspecified atom stereocenters. The summed E-state index contributed by atoms with van der Waals surface area (Å²) in [5.74, 6) is 0. The molecule has 2 N–H and O–H groups in total. The SMILES string of the molecule is CCCCCCCCCCCCCCCCOCC1(CO)C=C(CC)NO1.